The van der Waals surface area contributed by atoms with Gasteiger partial charge in [0.05, 0.1) is 23.3 Å². The maximum absolute atomic E-state index is 12.1. The fraction of sp³-hybridized carbons (Fsp3) is 0.364. The van der Waals surface area contributed by atoms with E-state index in [2.05, 4.69) is 22.0 Å². The Morgan fingerprint density at radius 2 is 2.18 bits per heavy atom. The van der Waals surface area contributed by atoms with Crippen LogP contribution in [0.25, 0.3) is 0 Å². The van der Waals surface area contributed by atoms with Crippen molar-refractivity contribution in [1.29, 1.82) is 0 Å². The number of rotatable bonds is 4. The molecule has 0 aromatic heterocycles. The van der Waals surface area contributed by atoms with Crippen LogP contribution < -0.4 is 0 Å². The third-order valence-corrected chi connectivity index (χ3v) is 5.74. The van der Waals surface area contributed by atoms with Crippen LogP contribution in [-0.4, -0.2) is 25.2 Å². The summed E-state index contributed by atoms with van der Waals surface area (Å²) in [6.45, 7) is 0. The van der Waals surface area contributed by atoms with Crippen molar-refractivity contribution in [1.82, 2.24) is 0 Å². The van der Waals surface area contributed by atoms with E-state index < -0.39 is 21.2 Å². The first-order chi connectivity index (χ1) is 7.87. The van der Waals surface area contributed by atoms with Crippen molar-refractivity contribution in [3.8, 4) is 0 Å². The van der Waals surface area contributed by atoms with Crippen LogP contribution in [0.5, 0.6) is 0 Å². The molecule has 1 saturated carbocycles. The average molecular weight is 318 g/mol. The summed E-state index contributed by atoms with van der Waals surface area (Å²) in [5.41, 5.74) is -1.08. The van der Waals surface area contributed by atoms with Gasteiger partial charge in [-0.15, -0.1) is 0 Å². The van der Waals surface area contributed by atoms with Gasteiger partial charge in [0.2, 0.25) is 9.84 Å². The molecule has 0 radical (unpaired) electrons. The smallest absolute Gasteiger partial charge is 0.310 e. The summed E-state index contributed by atoms with van der Waals surface area (Å²) in [5.74, 6) is -1.37. The Morgan fingerprint density at radius 3 is 2.65 bits per heavy atom. The lowest BCUT2D eigenvalue weighted by Gasteiger charge is -2.09. The molecule has 0 bridgehead atoms. The monoisotopic (exact) mass is 317 g/mol. The van der Waals surface area contributed by atoms with Gasteiger partial charge in [-0.1, -0.05) is 0 Å². The Morgan fingerprint density at radius 1 is 1.53 bits per heavy atom. The second kappa shape index (κ2) is 4.05. The second-order valence-electron chi connectivity index (χ2n) is 4.19. The molecule has 0 aliphatic heterocycles. The van der Waals surface area contributed by atoms with Gasteiger partial charge in [-0.3, -0.25) is 4.79 Å². The summed E-state index contributed by atoms with van der Waals surface area (Å²) in [4.78, 5) is 11.1. The van der Waals surface area contributed by atoms with Gasteiger partial charge in [-0.2, -0.15) is 0 Å². The summed E-state index contributed by atoms with van der Waals surface area (Å²) >= 11 is 3.11. The van der Waals surface area contributed by atoms with Crippen molar-refractivity contribution in [3.05, 3.63) is 33.7 Å². The zero-order valence-electron chi connectivity index (χ0n) is 8.81. The molecular formula is C11H10BrO4S+. The minimum atomic E-state index is -3.59. The molecule has 2 aliphatic rings. The van der Waals surface area contributed by atoms with Crippen LogP contribution in [0.1, 0.15) is 12.8 Å². The molecule has 2 rings (SSSR count). The maximum atomic E-state index is 12.1. The minimum Gasteiger partial charge on any atom is -0.481 e. The molecule has 4 nitrogen and oxygen atoms in total. The van der Waals surface area contributed by atoms with E-state index in [1.54, 1.807) is 12.2 Å². The van der Waals surface area contributed by atoms with Crippen molar-refractivity contribution >= 4 is 31.7 Å². The lowest BCUT2D eigenvalue weighted by atomic mass is 10.1. The zero-order chi connectivity index (χ0) is 12.7. The highest BCUT2D eigenvalue weighted by molar-refractivity contribution is 9.12. The van der Waals surface area contributed by atoms with Gasteiger partial charge in [0.1, 0.15) is 6.08 Å². The number of carboxylic acid groups (broad SMARTS) is 1. The highest BCUT2D eigenvalue weighted by atomic mass is 79.9. The number of carboxylic acids is 1. The Hall–Kier alpha value is -0.970. The molecule has 90 valence electrons. The van der Waals surface area contributed by atoms with Crippen LogP contribution in [0.4, 0.5) is 0 Å². The first-order valence-electron chi connectivity index (χ1n) is 5.00. The van der Waals surface area contributed by atoms with Crippen LogP contribution >= 0.6 is 15.9 Å². The second-order valence-corrected chi connectivity index (χ2v) is 6.94. The maximum Gasteiger partial charge on any atom is 0.310 e. The molecule has 6 heteroatoms. The quantitative estimate of drug-likeness (QED) is 0.803. The van der Waals surface area contributed by atoms with E-state index >= 15 is 0 Å². The lowest BCUT2D eigenvalue weighted by molar-refractivity contribution is -0.142. The molecule has 0 heterocycles. The van der Waals surface area contributed by atoms with Crippen molar-refractivity contribution in [3.63, 3.8) is 0 Å². The number of hydrogen-bond donors (Lipinski definition) is 1. The standard InChI is InChI=1S/C11H9BrO4S/c12-8-3-1-2-4-9(8)17(15,16)7-11(5-6-11)10(13)14/h1-2,4H,5-7H2/p+1. The van der Waals surface area contributed by atoms with Gasteiger partial charge < -0.3 is 5.11 Å². The number of carbonyl (C=O) groups is 1. The van der Waals surface area contributed by atoms with Gasteiger partial charge in [-0.05, 0) is 28.8 Å². The number of hydrogen-bond acceptors (Lipinski definition) is 3. The predicted octanol–water partition coefficient (Wildman–Crippen LogP) is 1.80. The highest BCUT2D eigenvalue weighted by Crippen LogP contribution is 2.48. The van der Waals surface area contributed by atoms with Crippen molar-refractivity contribution in [2.45, 2.75) is 12.8 Å². The molecule has 0 aromatic rings. The van der Waals surface area contributed by atoms with Crippen LogP contribution in [0.3, 0.4) is 0 Å². The number of sulfone groups is 1. The fourth-order valence-corrected chi connectivity index (χ4v) is 4.57. The fourth-order valence-electron chi connectivity index (χ4n) is 1.65. The van der Waals surface area contributed by atoms with E-state index in [0.717, 1.165) is 0 Å². The number of halogens is 1. The van der Waals surface area contributed by atoms with Gasteiger partial charge >= 0.3 is 5.97 Å². The molecule has 17 heavy (non-hydrogen) atoms. The van der Waals surface area contributed by atoms with Crippen LogP contribution in [0.2, 0.25) is 0 Å². The zero-order valence-corrected chi connectivity index (χ0v) is 11.2. The van der Waals surface area contributed by atoms with Crippen molar-refractivity contribution < 1.29 is 18.3 Å². The van der Waals surface area contributed by atoms with Gasteiger partial charge in [0, 0.05) is 6.08 Å². The topological polar surface area (TPSA) is 71.4 Å². The highest BCUT2D eigenvalue weighted by Gasteiger charge is 2.54. The van der Waals surface area contributed by atoms with Crippen LogP contribution in [0.15, 0.2) is 27.6 Å². The van der Waals surface area contributed by atoms with E-state index in [1.165, 1.54) is 6.08 Å². The normalized spacial score (nSPS) is 21.2. The Balaban J connectivity index is 2.27. The summed E-state index contributed by atoms with van der Waals surface area (Å²) in [6.07, 6.45) is 8.19. The number of allylic oxidation sites excluding steroid dienone is 5. The molecular weight excluding hydrogens is 308 g/mol. The molecule has 0 saturated heterocycles. The number of aliphatic carboxylic acids is 1. The molecule has 1 fully saturated rings. The first kappa shape index (κ1) is 12.5. The summed E-state index contributed by atoms with van der Waals surface area (Å²) < 4.78 is 24.5. The van der Waals surface area contributed by atoms with Crippen molar-refractivity contribution in [2.24, 2.45) is 5.41 Å². The SMILES string of the molecule is O=C(O)C1(CS(=O)(=O)C2=CC=C[C+]=C2Br)CC1. The van der Waals surface area contributed by atoms with Gasteiger partial charge in [-0.25, -0.2) is 8.42 Å². The molecule has 0 spiro atoms. The third kappa shape index (κ3) is 2.34. The molecule has 0 unspecified atom stereocenters. The van der Waals surface area contributed by atoms with Crippen molar-refractivity contribution in [2.75, 3.05) is 5.75 Å². The summed E-state index contributed by atoms with van der Waals surface area (Å²) in [5, 5.41) is 9.00. The Labute approximate surface area is 108 Å². The summed E-state index contributed by atoms with van der Waals surface area (Å²) in [6, 6.07) is 0. The largest absolute Gasteiger partial charge is 0.481 e. The molecule has 0 amide bonds. The van der Waals surface area contributed by atoms with E-state index in [9.17, 15) is 13.2 Å². The molecule has 2 aliphatic carbocycles. The van der Waals surface area contributed by atoms with Gasteiger partial charge in [0.15, 0.2) is 9.39 Å². The first-order valence-corrected chi connectivity index (χ1v) is 7.44. The third-order valence-electron chi connectivity index (χ3n) is 2.88. The van der Waals surface area contributed by atoms with E-state index in [0.29, 0.717) is 17.3 Å². The van der Waals surface area contributed by atoms with E-state index in [1.807, 2.05) is 0 Å². The molecule has 0 atom stereocenters. The average Bonchev–Trinajstić information content (AvgIpc) is 2.98. The predicted molar refractivity (Wildman–Crippen MR) is 66.0 cm³/mol. The van der Waals surface area contributed by atoms with E-state index in [-0.39, 0.29) is 10.7 Å². The van der Waals surface area contributed by atoms with Crippen LogP contribution in [0, 0.1) is 11.5 Å². The summed E-state index contributed by atoms with van der Waals surface area (Å²) in [7, 11) is -3.59. The van der Waals surface area contributed by atoms with Crippen LogP contribution in [-0.2, 0) is 14.6 Å². The Bertz CT molecular complexity index is 550. The van der Waals surface area contributed by atoms with Gasteiger partial charge in [0.25, 0.3) is 0 Å². The lowest BCUT2D eigenvalue weighted by Crippen LogP contribution is -2.26. The van der Waals surface area contributed by atoms with E-state index in [4.69, 9.17) is 5.11 Å². The molecule has 1 N–H and O–H groups in total. The Kier molecular flexibility index (Phi) is 2.97. The molecule has 0 aromatic carbocycles. The minimum absolute atomic E-state index is 0.104.